The van der Waals surface area contributed by atoms with Crippen molar-refractivity contribution in [3.05, 3.63) is 72.3 Å². The first-order valence-electron chi connectivity index (χ1n) is 9.90. The SMILES string of the molecule is C=CCc1ccc(OCC(=O)N2CCC(C(=O)c3ccccc3)CC2)c(OC)c1. The van der Waals surface area contributed by atoms with Crippen LogP contribution in [0, 0.1) is 5.92 Å². The van der Waals surface area contributed by atoms with Crippen molar-refractivity contribution >= 4 is 11.7 Å². The van der Waals surface area contributed by atoms with Crippen LogP contribution in [-0.4, -0.2) is 43.4 Å². The number of allylic oxidation sites excluding steroid dienone is 1. The Hall–Kier alpha value is -3.08. The second kappa shape index (κ2) is 9.92. The Morgan fingerprint density at radius 2 is 1.83 bits per heavy atom. The molecular formula is C24H27NO4. The van der Waals surface area contributed by atoms with Crippen LogP contribution in [0.3, 0.4) is 0 Å². The van der Waals surface area contributed by atoms with E-state index in [9.17, 15) is 9.59 Å². The first-order chi connectivity index (χ1) is 14.1. The molecule has 0 atom stereocenters. The lowest BCUT2D eigenvalue weighted by molar-refractivity contribution is -0.134. The molecule has 5 heteroatoms. The van der Waals surface area contributed by atoms with Crippen LogP contribution < -0.4 is 9.47 Å². The van der Waals surface area contributed by atoms with Gasteiger partial charge in [-0.2, -0.15) is 0 Å². The number of benzene rings is 2. The van der Waals surface area contributed by atoms with Crippen molar-refractivity contribution in [1.82, 2.24) is 4.90 Å². The Labute approximate surface area is 171 Å². The zero-order valence-corrected chi connectivity index (χ0v) is 16.8. The number of rotatable bonds is 8. The van der Waals surface area contributed by atoms with Crippen molar-refractivity contribution in [2.75, 3.05) is 26.8 Å². The van der Waals surface area contributed by atoms with Gasteiger partial charge >= 0.3 is 0 Å². The summed E-state index contributed by atoms with van der Waals surface area (Å²) in [6.45, 7) is 4.83. The number of carbonyl (C=O) groups excluding carboxylic acids is 2. The van der Waals surface area contributed by atoms with E-state index in [0.717, 1.165) is 17.5 Å². The number of nitrogens with zero attached hydrogens (tertiary/aromatic N) is 1. The van der Waals surface area contributed by atoms with E-state index in [4.69, 9.17) is 9.47 Å². The van der Waals surface area contributed by atoms with Crippen LogP contribution in [0.1, 0.15) is 28.8 Å². The predicted octanol–water partition coefficient (Wildman–Crippen LogP) is 3.92. The molecule has 1 aliphatic heterocycles. The molecule has 0 saturated carbocycles. The standard InChI is InChI=1S/C24H27NO4/c1-3-7-18-10-11-21(22(16-18)28-2)29-17-23(26)25-14-12-20(13-15-25)24(27)19-8-5-4-6-9-19/h3-6,8-11,16,20H,1,7,12-15,17H2,2H3. The number of piperidine rings is 1. The quantitative estimate of drug-likeness (QED) is 0.504. The lowest BCUT2D eigenvalue weighted by atomic mass is 9.89. The van der Waals surface area contributed by atoms with E-state index in [0.29, 0.717) is 37.4 Å². The van der Waals surface area contributed by atoms with Gasteiger partial charge in [-0.3, -0.25) is 9.59 Å². The zero-order chi connectivity index (χ0) is 20.6. The maximum Gasteiger partial charge on any atom is 0.260 e. The van der Waals surface area contributed by atoms with Gasteiger partial charge in [-0.25, -0.2) is 0 Å². The molecule has 1 fully saturated rings. The molecule has 152 valence electrons. The topological polar surface area (TPSA) is 55.8 Å². The fourth-order valence-electron chi connectivity index (χ4n) is 3.58. The van der Waals surface area contributed by atoms with Crippen LogP contribution in [0.15, 0.2) is 61.2 Å². The molecule has 5 nitrogen and oxygen atoms in total. The second-order valence-corrected chi connectivity index (χ2v) is 7.15. The largest absolute Gasteiger partial charge is 0.493 e. The van der Waals surface area contributed by atoms with Gasteiger partial charge in [0, 0.05) is 24.6 Å². The summed E-state index contributed by atoms with van der Waals surface area (Å²) in [5.74, 6) is 1.21. The number of likely N-dealkylation sites (tertiary alicyclic amines) is 1. The third kappa shape index (κ3) is 5.25. The van der Waals surface area contributed by atoms with Gasteiger partial charge in [-0.15, -0.1) is 6.58 Å². The molecule has 29 heavy (non-hydrogen) atoms. The van der Waals surface area contributed by atoms with Crippen LogP contribution in [-0.2, 0) is 11.2 Å². The summed E-state index contributed by atoms with van der Waals surface area (Å²) < 4.78 is 11.1. The molecule has 1 heterocycles. The lowest BCUT2D eigenvalue weighted by Crippen LogP contribution is -2.42. The van der Waals surface area contributed by atoms with Gasteiger partial charge < -0.3 is 14.4 Å². The van der Waals surface area contributed by atoms with E-state index >= 15 is 0 Å². The van der Waals surface area contributed by atoms with Gasteiger partial charge in [0.1, 0.15) is 0 Å². The van der Waals surface area contributed by atoms with E-state index < -0.39 is 0 Å². The number of hydrogen-bond donors (Lipinski definition) is 0. The monoisotopic (exact) mass is 393 g/mol. The molecule has 0 spiro atoms. The molecule has 1 amide bonds. The average Bonchev–Trinajstić information content (AvgIpc) is 2.78. The normalized spacial score (nSPS) is 14.3. The van der Waals surface area contributed by atoms with Gasteiger partial charge in [0.2, 0.25) is 0 Å². The molecule has 0 aromatic heterocycles. The minimum Gasteiger partial charge on any atom is -0.493 e. The summed E-state index contributed by atoms with van der Waals surface area (Å²) in [6, 6.07) is 15.0. The van der Waals surface area contributed by atoms with Gasteiger partial charge in [-0.05, 0) is 37.0 Å². The highest BCUT2D eigenvalue weighted by Crippen LogP contribution is 2.28. The fourth-order valence-corrected chi connectivity index (χ4v) is 3.58. The van der Waals surface area contributed by atoms with E-state index in [2.05, 4.69) is 6.58 Å². The number of amides is 1. The first-order valence-corrected chi connectivity index (χ1v) is 9.90. The number of methoxy groups -OCH3 is 1. The maximum atomic E-state index is 12.6. The summed E-state index contributed by atoms with van der Waals surface area (Å²) in [6.07, 6.45) is 3.93. The first kappa shape index (κ1) is 20.6. The Bertz CT molecular complexity index is 854. The molecule has 1 saturated heterocycles. The molecule has 1 aliphatic rings. The van der Waals surface area contributed by atoms with Crippen molar-refractivity contribution < 1.29 is 19.1 Å². The van der Waals surface area contributed by atoms with Crippen LogP contribution in [0.25, 0.3) is 0 Å². The summed E-state index contributed by atoms with van der Waals surface area (Å²) >= 11 is 0. The highest BCUT2D eigenvalue weighted by Gasteiger charge is 2.28. The summed E-state index contributed by atoms with van der Waals surface area (Å²) in [4.78, 5) is 26.9. The Balaban J connectivity index is 1.51. The number of hydrogen-bond acceptors (Lipinski definition) is 4. The maximum absolute atomic E-state index is 12.6. The minimum absolute atomic E-state index is 0.0279. The number of Topliss-reactive ketones (excluding diaryl/α,β-unsaturated/α-hetero) is 1. The van der Waals surface area contributed by atoms with Crippen LogP contribution in [0.5, 0.6) is 11.5 Å². The number of carbonyl (C=O) groups is 2. The van der Waals surface area contributed by atoms with Crippen molar-refractivity contribution in [3.63, 3.8) is 0 Å². The van der Waals surface area contributed by atoms with E-state index in [-0.39, 0.29) is 24.2 Å². The number of ketones is 1. The van der Waals surface area contributed by atoms with Crippen LogP contribution in [0.2, 0.25) is 0 Å². The van der Waals surface area contributed by atoms with E-state index in [1.54, 1.807) is 12.0 Å². The highest BCUT2D eigenvalue weighted by atomic mass is 16.5. The Morgan fingerprint density at radius 1 is 1.10 bits per heavy atom. The second-order valence-electron chi connectivity index (χ2n) is 7.15. The molecule has 0 radical (unpaired) electrons. The summed E-state index contributed by atoms with van der Waals surface area (Å²) in [5, 5.41) is 0. The van der Waals surface area contributed by atoms with Crippen LogP contribution in [0.4, 0.5) is 0 Å². The average molecular weight is 393 g/mol. The van der Waals surface area contributed by atoms with Gasteiger partial charge in [0.15, 0.2) is 23.9 Å². The molecule has 0 N–H and O–H groups in total. The molecule has 3 rings (SSSR count). The van der Waals surface area contributed by atoms with Gasteiger partial charge in [-0.1, -0.05) is 42.5 Å². The van der Waals surface area contributed by atoms with Crippen molar-refractivity contribution in [3.8, 4) is 11.5 Å². The van der Waals surface area contributed by atoms with Crippen molar-refractivity contribution in [1.29, 1.82) is 0 Å². The van der Waals surface area contributed by atoms with Crippen molar-refractivity contribution in [2.45, 2.75) is 19.3 Å². The molecular weight excluding hydrogens is 366 g/mol. The molecule has 0 unspecified atom stereocenters. The molecule has 2 aromatic carbocycles. The summed E-state index contributed by atoms with van der Waals surface area (Å²) in [5.41, 5.74) is 1.81. The molecule has 0 bridgehead atoms. The molecule has 0 aliphatic carbocycles. The number of ether oxygens (including phenoxy) is 2. The third-order valence-electron chi connectivity index (χ3n) is 5.24. The fraction of sp³-hybridized carbons (Fsp3) is 0.333. The third-order valence-corrected chi connectivity index (χ3v) is 5.24. The smallest absolute Gasteiger partial charge is 0.260 e. The minimum atomic E-state index is -0.0761. The van der Waals surface area contributed by atoms with Crippen LogP contribution >= 0.6 is 0 Å². The highest BCUT2D eigenvalue weighted by molar-refractivity contribution is 5.98. The Morgan fingerprint density at radius 3 is 2.48 bits per heavy atom. The summed E-state index contributed by atoms with van der Waals surface area (Å²) in [7, 11) is 1.58. The zero-order valence-electron chi connectivity index (χ0n) is 16.8. The van der Waals surface area contributed by atoms with E-state index in [1.165, 1.54) is 0 Å². The Kier molecular flexibility index (Phi) is 7.06. The lowest BCUT2D eigenvalue weighted by Gasteiger charge is -2.31. The van der Waals surface area contributed by atoms with Gasteiger partial charge in [0.05, 0.1) is 7.11 Å². The molecule has 2 aromatic rings. The van der Waals surface area contributed by atoms with Gasteiger partial charge in [0.25, 0.3) is 5.91 Å². The predicted molar refractivity (Wildman–Crippen MR) is 112 cm³/mol. The van der Waals surface area contributed by atoms with E-state index in [1.807, 2.05) is 54.6 Å². The van der Waals surface area contributed by atoms with Crippen molar-refractivity contribution in [2.24, 2.45) is 5.92 Å².